The number of nitrogens with two attached hydrogens (primary N) is 1. The quantitative estimate of drug-likeness (QED) is 0.570. The molecule has 0 spiro atoms. The number of amides is 1. The Hall–Kier alpha value is -3.23. The highest BCUT2D eigenvalue weighted by Gasteiger charge is 2.29. The summed E-state index contributed by atoms with van der Waals surface area (Å²) in [6.45, 7) is 2.23. The SMILES string of the molecule is COCCn1cc(C(=O)N2CCC(c3cc(CN)ccc3F)CC2)c2c(C(=O)O)cccc21. The number of methoxy groups -OCH3 is 1. The van der Waals surface area contributed by atoms with Gasteiger partial charge in [0.05, 0.1) is 17.7 Å². The largest absolute Gasteiger partial charge is 0.478 e. The van der Waals surface area contributed by atoms with Gasteiger partial charge in [-0.25, -0.2) is 9.18 Å². The molecule has 7 nitrogen and oxygen atoms in total. The average molecular weight is 454 g/mol. The number of fused-ring (bicyclic) bond motifs is 1. The summed E-state index contributed by atoms with van der Waals surface area (Å²) < 4.78 is 21.4. The van der Waals surface area contributed by atoms with Crippen LogP contribution in [0.15, 0.2) is 42.6 Å². The van der Waals surface area contributed by atoms with Crippen molar-refractivity contribution in [1.82, 2.24) is 9.47 Å². The number of piperidine rings is 1. The summed E-state index contributed by atoms with van der Waals surface area (Å²) in [5, 5.41) is 10.2. The molecular weight excluding hydrogens is 425 g/mol. The van der Waals surface area contributed by atoms with Gasteiger partial charge in [-0.15, -0.1) is 0 Å². The normalized spacial score (nSPS) is 14.7. The summed E-state index contributed by atoms with van der Waals surface area (Å²) in [7, 11) is 1.59. The lowest BCUT2D eigenvalue weighted by atomic mass is 9.88. The molecule has 8 heteroatoms. The van der Waals surface area contributed by atoms with E-state index >= 15 is 0 Å². The lowest BCUT2D eigenvalue weighted by Crippen LogP contribution is -2.38. The molecule has 2 heterocycles. The molecule has 4 rings (SSSR count). The second-order valence-electron chi connectivity index (χ2n) is 8.36. The zero-order chi connectivity index (χ0) is 23.5. The molecular formula is C25H28FN3O4. The maximum atomic E-state index is 14.4. The van der Waals surface area contributed by atoms with Gasteiger partial charge in [0.15, 0.2) is 0 Å². The summed E-state index contributed by atoms with van der Waals surface area (Å²) in [4.78, 5) is 27.1. The fraction of sp³-hybridized carbons (Fsp3) is 0.360. The van der Waals surface area contributed by atoms with Crippen molar-refractivity contribution in [1.29, 1.82) is 0 Å². The van der Waals surface area contributed by atoms with E-state index in [1.54, 1.807) is 30.3 Å². The lowest BCUT2D eigenvalue weighted by molar-refractivity contribution is 0.0698. The van der Waals surface area contributed by atoms with Gasteiger partial charge >= 0.3 is 5.97 Å². The number of halogens is 1. The summed E-state index contributed by atoms with van der Waals surface area (Å²) in [5.41, 5.74) is 8.40. The molecule has 0 atom stereocenters. The molecule has 2 aromatic carbocycles. The van der Waals surface area contributed by atoms with Crippen LogP contribution in [0.3, 0.4) is 0 Å². The van der Waals surface area contributed by atoms with Gasteiger partial charge in [-0.3, -0.25) is 4.79 Å². The molecule has 0 bridgehead atoms. The first-order valence-electron chi connectivity index (χ1n) is 11.1. The molecule has 33 heavy (non-hydrogen) atoms. The number of ether oxygens (including phenoxy) is 1. The van der Waals surface area contributed by atoms with Crippen LogP contribution >= 0.6 is 0 Å². The van der Waals surface area contributed by atoms with E-state index in [0.29, 0.717) is 67.7 Å². The van der Waals surface area contributed by atoms with Crippen LogP contribution in [-0.2, 0) is 17.8 Å². The zero-order valence-electron chi connectivity index (χ0n) is 18.6. The Morgan fingerprint density at radius 2 is 1.94 bits per heavy atom. The predicted molar refractivity (Wildman–Crippen MR) is 123 cm³/mol. The highest BCUT2D eigenvalue weighted by molar-refractivity contribution is 6.14. The number of hydrogen-bond donors (Lipinski definition) is 2. The number of carbonyl (C=O) groups is 2. The maximum absolute atomic E-state index is 14.4. The van der Waals surface area contributed by atoms with E-state index in [4.69, 9.17) is 10.5 Å². The van der Waals surface area contributed by atoms with Crippen molar-refractivity contribution in [2.45, 2.75) is 31.8 Å². The monoisotopic (exact) mass is 453 g/mol. The van der Waals surface area contributed by atoms with E-state index in [-0.39, 0.29) is 23.2 Å². The number of aromatic carboxylic acids is 1. The standard InChI is InChI=1S/C25H28FN3O4/c1-33-12-11-29-15-20(23-18(25(31)32)3-2-4-22(23)29)24(30)28-9-7-17(8-10-28)19-13-16(14-27)5-6-21(19)26/h2-6,13,15,17H,7-12,14,27H2,1H3,(H,31,32). The van der Waals surface area contributed by atoms with Crippen molar-refractivity contribution < 1.29 is 23.8 Å². The van der Waals surface area contributed by atoms with Gasteiger partial charge in [0.1, 0.15) is 5.82 Å². The topological polar surface area (TPSA) is 97.8 Å². The van der Waals surface area contributed by atoms with Gasteiger partial charge in [-0.05, 0) is 48.1 Å². The predicted octanol–water partition coefficient (Wildman–Crippen LogP) is 3.60. The third-order valence-corrected chi connectivity index (χ3v) is 6.42. The lowest BCUT2D eigenvalue weighted by Gasteiger charge is -2.32. The molecule has 1 aromatic heterocycles. The van der Waals surface area contributed by atoms with E-state index in [1.165, 1.54) is 12.1 Å². The van der Waals surface area contributed by atoms with Crippen LogP contribution in [0, 0.1) is 5.82 Å². The van der Waals surface area contributed by atoms with Gasteiger partial charge in [0, 0.05) is 50.4 Å². The minimum Gasteiger partial charge on any atom is -0.478 e. The van der Waals surface area contributed by atoms with E-state index < -0.39 is 5.97 Å². The fourth-order valence-corrected chi connectivity index (χ4v) is 4.66. The van der Waals surface area contributed by atoms with Crippen molar-refractivity contribution in [2.24, 2.45) is 5.73 Å². The Kier molecular flexibility index (Phi) is 6.76. The van der Waals surface area contributed by atoms with Gasteiger partial charge in [0.2, 0.25) is 0 Å². The first kappa shape index (κ1) is 22.9. The van der Waals surface area contributed by atoms with Crippen LogP contribution < -0.4 is 5.73 Å². The van der Waals surface area contributed by atoms with Crippen LogP contribution in [-0.4, -0.2) is 53.3 Å². The molecule has 1 aliphatic heterocycles. The van der Waals surface area contributed by atoms with Gasteiger partial charge in [-0.1, -0.05) is 18.2 Å². The molecule has 174 valence electrons. The third-order valence-electron chi connectivity index (χ3n) is 6.42. The minimum atomic E-state index is -1.08. The number of nitrogens with zero attached hydrogens (tertiary/aromatic N) is 2. The second kappa shape index (κ2) is 9.72. The number of rotatable bonds is 7. The summed E-state index contributed by atoms with van der Waals surface area (Å²) in [6, 6.07) is 9.97. The Bertz CT molecular complexity index is 1180. The number of aromatic nitrogens is 1. The summed E-state index contributed by atoms with van der Waals surface area (Å²) in [5.74, 6) is -1.52. The molecule has 0 unspecified atom stereocenters. The number of carbonyl (C=O) groups excluding carboxylic acids is 1. The second-order valence-corrected chi connectivity index (χ2v) is 8.36. The van der Waals surface area contributed by atoms with Crippen LogP contribution in [0.1, 0.15) is 50.6 Å². The Morgan fingerprint density at radius 3 is 2.61 bits per heavy atom. The van der Waals surface area contributed by atoms with Gasteiger partial charge < -0.3 is 25.0 Å². The van der Waals surface area contributed by atoms with Crippen molar-refractivity contribution in [2.75, 3.05) is 26.8 Å². The molecule has 1 aliphatic rings. The van der Waals surface area contributed by atoms with Crippen LogP contribution in [0.25, 0.3) is 10.9 Å². The number of likely N-dealkylation sites (tertiary alicyclic amines) is 1. The van der Waals surface area contributed by atoms with Gasteiger partial charge in [0.25, 0.3) is 5.91 Å². The number of hydrogen-bond acceptors (Lipinski definition) is 4. The van der Waals surface area contributed by atoms with Crippen LogP contribution in [0.5, 0.6) is 0 Å². The highest BCUT2D eigenvalue weighted by atomic mass is 19.1. The molecule has 1 amide bonds. The first-order chi connectivity index (χ1) is 15.9. The molecule has 3 aromatic rings. The maximum Gasteiger partial charge on any atom is 0.336 e. The van der Waals surface area contributed by atoms with Gasteiger partial charge in [-0.2, -0.15) is 0 Å². The average Bonchev–Trinajstić information content (AvgIpc) is 3.21. The van der Waals surface area contributed by atoms with Crippen molar-refractivity contribution >= 4 is 22.8 Å². The zero-order valence-corrected chi connectivity index (χ0v) is 18.6. The summed E-state index contributed by atoms with van der Waals surface area (Å²) in [6.07, 6.45) is 2.98. The Labute approximate surface area is 191 Å². The Balaban J connectivity index is 1.60. The fourth-order valence-electron chi connectivity index (χ4n) is 4.66. The summed E-state index contributed by atoms with van der Waals surface area (Å²) >= 11 is 0. The highest BCUT2D eigenvalue weighted by Crippen LogP contribution is 2.33. The molecule has 0 aliphatic carbocycles. The number of benzene rings is 2. The van der Waals surface area contributed by atoms with E-state index in [2.05, 4.69) is 0 Å². The van der Waals surface area contributed by atoms with E-state index in [1.807, 2.05) is 16.7 Å². The van der Waals surface area contributed by atoms with E-state index in [9.17, 15) is 19.1 Å². The van der Waals surface area contributed by atoms with Crippen LogP contribution in [0.2, 0.25) is 0 Å². The van der Waals surface area contributed by atoms with Crippen molar-refractivity contribution in [3.63, 3.8) is 0 Å². The number of carboxylic acid groups (broad SMARTS) is 1. The Morgan fingerprint density at radius 1 is 1.18 bits per heavy atom. The minimum absolute atomic E-state index is 0.0122. The number of carboxylic acids is 1. The van der Waals surface area contributed by atoms with E-state index in [0.717, 1.165) is 5.56 Å². The first-order valence-corrected chi connectivity index (χ1v) is 11.1. The van der Waals surface area contributed by atoms with Crippen molar-refractivity contribution in [3.8, 4) is 0 Å². The third kappa shape index (κ3) is 4.49. The molecule has 0 radical (unpaired) electrons. The molecule has 3 N–H and O–H groups in total. The molecule has 1 fully saturated rings. The molecule has 1 saturated heterocycles. The van der Waals surface area contributed by atoms with Crippen molar-refractivity contribution in [3.05, 3.63) is 70.7 Å². The van der Waals surface area contributed by atoms with Crippen LogP contribution in [0.4, 0.5) is 4.39 Å². The smallest absolute Gasteiger partial charge is 0.336 e. The molecule has 0 saturated carbocycles.